The summed E-state index contributed by atoms with van der Waals surface area (Å²) in [5.74, 6) is -0.370. The van der Waals surface area contributed by atoms with Crippen molar-refractivity contribution in [3.63, 3.8) is 0 Å². The lowest BCUT2D eigenvalue weighted by atomic mass is 10.0. The van der Waals surface area contributed by atoms with Gasteiger partial charge >= 0.3 is 6.18 Å². The molecule has 1 aliphatic rings. The maximum Gasteiger partial charge on any atom is 0.410 e. The number of nitrogens with zero attached hydrogens (tertiary/aromatic N) is 2. The van der Waals surface area contributed by atoms with E-state index in [9.17, 15) is 18.0 Å². The zero-order valence-corrected chi connectivity index (χ0v) is 17.4. The first-order valence-electron chi connectivity index (χ1n) is 8.30. The zero-order valence-electron chi connectivity index (χ0n) is 14.2. The highest BCUT2D eigenvalue weighted by atomic mass is 79.9. The number of thiophene rings is 2. The predicted octanol–water partition coefficient (Wildman–Crippen LogP) is 5.36. The van der Waals surface area contributed by atoms with Crippen LogP contribution in [0.4, 0.5) is 19.0 Å². The quantitative estimate of drug-likeness (QED) is 0.517. The second-order valence-corrected chi connectivity index (χ2v) is 9.03. The van der Waals surface area contributed by atoms with Crippen molar-refractivity contribution in [3.8, 4) is 0 Å². The fourth-order valence-corrected chi connectivity index (χ4v) is 5.07. The first-order valence-corrected chi connectivity index (χ1v) is 10.8. The van der Waals surface area contributed by atoms with Crippen LogP contribution in [0.5, 0.6) is 0 Å². The number of nitrogens with one attached hydrogen (secondary N) is 2. The summed E-state index contributed by atoms with van der Waals surface area (Å²) in [6, 6.07) is 5.00. The van der Waals surface area contributed by atoms with Gasteiger partial charge in [-0.25, -0.2) is 4.68 Å². The predicted molar refractivity (Wildman–Crippen MR) is 106 cm³/mol. The number of rotatable bonds is 4. The highest BCUT2D eigenvalue weighted by Gasteiger charge is 2.47. The molecule has 28 heavy (non-hydrogen) atoms. The van der Waals surface area contributed by atoms with Crippen LogP contribution in [0.2, 0.25) is 0 Å². The summed E-state index contributed by atoms with van der Waals surface area (Å²) in [6.07, 6.45) is -4.68. The number of amides is 1. The molecule has 0 bridgehead atoms. The van der Waals surface area contributed by atoms with Gasteiger partial charge in [-0.2, -0.15) is 18.3 Å². The number of halogens is 4. The van der Waals surface area contributed by atoms with Gasteiger partial charge in [0.2, 0.25) is 0 Å². The van der Waals surface area contributed by atoms with Crippen molar-refractivity contribution in [1.29, 1.82) is 0 Å². The van der Waals surface area contributed by atoms with E-state index in [1.807, 2.05) is 22.9 Å². The Hall–Kier alpha value is -1.85. The Balaban J connectivity index is 1.65. The van der Waals surface area contributed by atoms with Crippen molar-refractivity contribution in [2.45, 2.75) is 31.2 Å². The summed E-state index contributed by atoms with van der Waals surface area (Å²) >= 11 is 6.14. The normalized spacial score (nSPS) is 19.1. The van der Waals surface area contributed by atoms with Crippen molar-refractivity contribution in [1.82, 2.24) is 15.1 Å². The second kappa shape index (κ2) is 7.53. The molecule has 3 aromatic heterocycles. The topological polar surface area (TPSA) is 59.0 Å². The minimum absolute atomic E-state index is 0.0693. The number of alkyl halides is 3. The molecule has 0 aliphatic carbocycles. The Morgan fingerprint density at radius 2 is 2.07 bits per heavy atom. The number of anilines is 1. The third-order valence-electron chi connectivity index (χ3n) is 4.40. The van der Waals surface area contributed by atoms with E-state index < -0.39 is 24.2 Å². The molecule has 0 aromatic carbocycles. The number of hydrogen-bond acceptors (Lipinski definition) is 5. The number of hydrogen-bond donors (Lipinski definition) is 2. The monoisotopic (exact) mass is 490 g/mol. The van der Waals surface area contributed by atoms with Gasteiger partial charge in [0.1, 0.15) is 5.82 Å². The minimum atomic E-state index is -4.48. The van der Waals surface area contributed by atoms with E-state index in [4.69, 9.17) is 0 Å². The molecule has 3 aromatic rings. The lowest BCUT2D eigenvalue weighted by Gasteiger charge is -2.33. The highest BCUT2D eigenvalue weighted by molar-refractivity contribution is 9.10. The SMILES string of the molecule is O=C(NCc1cccs1)c1nn2c(c1Br)N[C@H](c1cccs1)C[C@@H]2C(F)(F)F. The summed E-state index contributed by atoms with van der Waals surface area (Å²) in [6.45, 7) is 0.291. The number of aromatic nitrogens is 2. The molecule has 0 unspecified atom stereocenters. The Bertz CT molecular complexity index is 970. The second-order valence-electron chi connectivity index (χ2n) is 6.22. The average Bonchev–Trinajstić information content (AvgIpc) is 3.40. The van der Waals surface area contributed by atoms with Gasteiger partial charge in [0.15, 0.2) is 11.7 Å². The third kappa shape index (κ3) is 3.70. The molecule has 0 fully saturated rings. The summed E-state index contributed by atoms with van der Waals surface area (Å²) in [7, 11) is 0. The summed E-state index contributed by atoms with van der Waals surface area (Å²) in [5.41, 5.74) is -0.0693. The van der Waals surface area contributed by atoms with Crippen molar-refractivity contribution in [2.24, 2.45) is 0 Å². The van der Waals surface area contributed by atoms with Crippen LogP contribution in [0.3, 0.4) is 0 Å². The molecule has 2 N–H and O–H groups in total. The van der Waals surface area contributed by atoms with E-state index in [-0.39, 0.29) is 22.4 Å². The van der Waals surface area contributed by atoms with Gasteiger partial charge in [-0.1, -0.05) is 12.1 Å². The lowest BCUT2D eigenvalue weighted by Crippen LogP contribution is -2.35. The molecule has 1 aliphatic heterocycles. The Morgan fingerprint density at radius 1 is 1.32 bits per heavy atom. The lowest BCUT2D eigenvalue weighted by molar-refractivity contribution is -0.173. The van der Waals surface area contributed by atoms with Gasteiger partial charge in [-0.15, -0.1) is 22.7 Å². The molecule has 0 spiro atoms. The van der Waals surface area contributed by atoms with E-state index >= 15 is 0 Å². The van der Waals surface area contributed by atoms with Crippen LogP contribution in [-0.2, 0) is 6.54 Å². The van der Waals surface area contributed by atoms with Gasteiger partial charge in [-0.05, 0) is 38.8 Å². The minimum Gasteiger partial charge on any atom is -0.362 e. The van der Waals surface area contributed by atoms with Crippen molar-refractivity contribution >= 4 is 50.3 Å². The summed E-state index contributed by atoms with van der Waals surface area (Å²) in [5, 5.41) is 13.5. The molecule has 1 amide bonds. The fourth-order valence-electron chi connectivity index (χ4n) is 3.07. The van der Waals surface area contributed by atoms with Gasteiger partial charge in [0.05, 0.1) is 17.1 Å². The third-order valence-corrected chi connectivity index (χ3v) is 7.01. The molecule has 11 heteroatoms. The molecular weight excluding hydrogens is 477 g/mol. The standard InChI is InChI=1S/C17H14BrF3N4OS2/c18-13-14(16(26)22-8-9-3-1-5-27-9)24-25-12(17(19,20)21)7-10(23-15(13)25)11-4-2-6-28-11/h1-6,10,12,23H,7-8H2,(H,22,26)/t10-,12+/m0/s1. The van der Waals surface area contributed by atoms with Crippen LogP contribution in [0.15, 0.2) is 39.5 Å². The molecule has 0 radical (unpaired) electrons. The summed E-state index contributed by atoms with van der Waals surface area (Å²) < 4.78 is 42.2. The zero-order chi connectivity index (χ0) is 19.9. The first-order chi connectivity index (χ1) is 13.3. The maximum absolute atomic E-state index is 13.7. The highest BCUT2D eigenvalue weighted by Crippen LogP contribution is 2.46. The largest absolute Gasteiger partial charge is 0.410 e. The molecule has 2 atom stereocenters. The molecule has 4 heterocycles. The van der Waals surface area contributed by atoms with Gasteiger partial charge in [0, 0.05) is 16.2 Å². The van der Waals surface area contributed by atoms with E-state index in [0.29, 0.717) is 6.54 Å². The summed E-state index contributed by atoms with van der Waals surface area (Å²) in [4.78, 5) is 14.3. The maximum atomic E-state index is 13.7. The van der Waals surface area contributed by atoms with Crippen molar-refractivity contribution < 1.29 is 18.0 Å². The Kier molecular flexibility index (Phi) is 5.23. The van der Waals surface area contributed by atoms with Crippen LogP contribution in [-0.4, -0.2) is 21.9 Å². The van der Waals surface area contributed by atoms with Crippen LogP contribution in [0.25, 0.3) is 0 Å². The van der Waals surface area contributed by atoms with Crippen LogP contribution in [0, 0.1) is 0 Å². The average molecular weight is 491 g/mol. The molecule has 5 nitrogen and oxygen atoms in total. The molecule has 4 rings (SSSR count). The molecule has 148 valence electrons. The van der Waals surface area contributed by atoms with Gasteiger partial charge in [0.25, 0.3) is 5.91 Å². The van der Waals surface area contributed by atoms with Gasteiger partial charge in [-0.3, -0.25) is 4.79 Å². The molecular formula is C17H14BrF3N4OS2. The van der Waals surface area contributed by atoms with Crippen LogP contribution in [0.1, 0.15) is 38.7 Å². The van der Waals surface area contributed by atoms with Crippen molar-refractivity contribution in [3.05, 3.63) is 54.9 Å². The first kappa shape index (κ1) is 19.5. The Morgan fingerprint density at radius 3 is 2.71 bits per heavy atom. The van der Waals surface area contributed by atoms with E-state index in [1.54, 1.807) is 12.1 Å². The number of carbonyl (C=O) groups excluding carboxylic acids is 1. The van der Waals surface area contributed by atoms with E-state index in [2.05, 4.69) is 31.7 Å². The smallest absolute Gasteiger partial charge is 0.362 e. The Labute approximate surface area is 174 Å². The van der Waals surface area contributed by atoms with Crippen LogP contribution < -0.4 is 10.6 Å². The van der Waals surface area contributed by atoms with E-state index in [0.717, 1.165) is 14.4 Å². The number of fused-ring (bicyclic) bond motifs is 1. The van der Waals surface area contributed by atoms with E-state index in [1.165, 1.54) is 22.7 Å². The number of carbonyl (C=O) groups is 1. The fraction of sp³-hybridized carbons (Fsp3) is 0.294. The van der Waals surface area contributed by atoms with Crippen LogP contribution >= 0.6 is 38.6 Å². The van der Waals surface area contributed by atoms with Crippen molar-refractivity contribution in [2.75, 3.05) is 5.32 Å². The molecule has 0 saturated carbocycles. The van der Waals surface area contributed by atoms with Gasteiger partial charge < -0.3 is 10.6 Å². The molecule has 0 saturated heterocycles.